The first kappa shape index (κ1) is 26.0. The molecule has 5 aliphatic heterocycles. The molecule has 4 saturated heterocycles. The molecule has 10 atom stereocenters. The molecule has 5 heteroatoms. The summed E-state index contributed by atoms with van der Waals surface area (Å²) in [5.41, 5.74) is 2.58. The lowest BCUT2D eigenvalue weighted by molar-refractivity contribution is -1.04. The van der Waals surface area contributed by atoms with E-state index in [-0.39, 0.29) is 34.7 Å². The number of aliphatic hydroxyl groups excluding tert-OH is 2. The molecule has 1 aromatic carbocycles. The number of nitrogens with zero attached hydrogens (tertiary/aromatic N) is 2. The summed E-state index contributed by atoms with van der Waals surface area (Å²) in [6, 6.07) is 10.1. The molecule has 5 heterocycles. The number of likely N-dealkylation sites (N-methyl/N-ethyl adjacent to an activating group) is 1. The van der Waals surface area contributed by atoms with Crippen molar-refractivity contribution >= 4 is 5.69 Å². The lowest BCUT2D eigenvalue weighted by Crippen LogP contribution is -3.00. The molecule has 1 saturated carbocycles. The number of aliphatic hydroxyl groups is 2. The van der Waals surface area contributed by atoms with Gasteiger partial charge in [0.1, 0.15) is 6.04 Å². The maximum absolute atomic E-state index is 12.1. The fourth-order valence-corrected chi connectivity index (χ4v) is 10.4. The van der Waals surface area contributed by atoms with Crippen molar-refractivity contribution in [3.05, 3.63) is 29.8 Å². The van der Waals surface area contributed by atoms with Gasteiger partial charge in [-0.15, -0.1) is 0 Å². The Morgan fingerprint density at radius 3 is 2.37 bits per heavy atom. The molecule has 4 nitrogen and oxygen atoms in total. The van der Waals surface area contributed by atoms with Crippen LogP contribution in [-0.4, -0.2) is 58.7 Å². The molecule has 0 amide bonds. The van der Waals surface area contributed by atoms with Gasteiger partial charge in [-0.2, -0.15) is 0 Å². The topological polar surface area (TPSA) is 43.7 Å². The minimum absolute atomic E-state index is 0. The molecule has 5 fully saturated rings. The molecule has 1 aliphatic carbocycles. The zero-order chi connectivity index (χ0) is 23.7. The van der Waals surface area contributed by atoms with Crippen molar-refractivity contribution in [2.45, 2.75) is 120 Å². The molecule has 0 aromatic heterocycles. The third kappa shape index (κ3) is 3.26. The van der Waals surface area contributed by atoms with E-state index < -0.39 is 0 Å². The van der Waals surface area contributed by atoms with E-state index in [9.17, 15) is 10.2 Å². The molecule has 35 heavy (non-hydrogen) atoms. The number of piperidine rings is 4. The monoisotopic (exact) mass is 546 g/mol. The van der Waals surface area contributed by atoms with Gasteiger partial charge in [0.15, 0.2) is 6.23 Å². The van der Waals surface area contributed by atoms with Crippen molar-refractivity contribution in [1.82, 2.24) is 0 Å². The van der Waals surface area contributed by atoms with E-state index in [2.05, 4.69) is 50.1 Å². The van der Waals surface area contributed by atoms with Gasteiger partial charge in [0, 0.05) is 37.4 Å². The van der Waals surface area contributed by atoms with Crippen molar-refractivity contribution in [3.8, 4) is 0 Å². The zero-order valence-electron chi connectivity index (χ0n) is 22.1. The lowest BCUT2D eigenvalue weighted by atomic mass is 9.60. The highest BCUT2D eigenvalue weighted by molar-refractivity contribution is 5.66. The van der Waals surface area contributed by atoms with Gasteiger partial charge in [0.05, 0.1) is 30.1 Å². The van der Waals surface area contributed by atoms with Gasteiger partial charge >= 0.3 is 0 Å². The SMILES string of the molecule is CCCCCCCCCC[N+]12C3C[C@@H](C4[C@H](O)[C@]5(C[C@@H]41)c1ccccc1N(C)[C@@H]35)[C@H](CC)[C@H]2O.[Br-]. The van der Waals surface area contributed by atoms with Crippen molar-refractivity contribution in [2.75, 3.05) is 18.5 Å². The summed E-state index contributed by atoms with van der Waals surface area (Å²) < 4.78 is 0.900. The van der Waals surface area contributed by atoms with Crippen molar-refractivity contribution in [3.63, 3.8) is 0 Å². The number of para-hydroxylation sites is 1. The summed E-state index contributed by atoms with van der Waals surface area (Å²) >= 11 is 0. The molecular weight excluding hydrogens is 500 g/mol. The molecule has 196 valence electrons. The van der Waals surface area contributed by atoms with E-state index in [0.717, 1.165) is 23.9 Å². The van der Waals surface area contributed by atoms with Crippen LogP contribution in [0.2, 0.25) is 0 Å². The Bertz CT molecular complexity index is 912. The second-order valence-corrected chi connectivity index (χ2v) is 12.6. The third-order valence-corrected chi connectivity index (χ3v) is 11.5. The number of quaternary nitrogens is 1. The Morgan fingerprint density at radius 2 is 1.66 bits per heavy atom. The first-order valence-electron chi connectivity index (χ1n) is 14.6. The average molecular weight is 548 g/mol. The summed E-state index contributed by atoms with van der Waals surface area (Å²) in [6.45, 7) is 5.66. The summed E-state index contributed by atoms with van der Waals surface area (Å²) in [6.07, 6.45) is 13.4. The average Bonchev–Trinajstić information content (AvgIpc) is 3.23. The van der Waals surface area contributed by atoms with Gasteiger partial charge < -0.3 is 32.1 Å². The molecular formula is C30H47BrN2O2. The van der Waals surface area contributed by atoms with Gasteiger partial charge in [-0.05, 0) is 36.8 Å². The number of anilines is 1. The summed E-state index contributed by atoms with van der Waals surface area (Å²) in [4.78, 5) is 2.52. The first-order chi connectivity index (χ1) is 16.5. The number of rotatable bonds is 10. The van der Waals surface area contributed by atoms with Crippen LogP contribution in [0.3, 0.4) is 0 Å². The Labute approximate surface area is 223 Å². The zero-order valence-corrected chi connectivity index (χ0v) is 23.7. The van der Waals surface area contributed by atoms with Crippen LogP contribution in [0.4, 0.5) is 5.69 Å². The van der Waals surface area contributed by atoms with E-state index >= 15 is 0 Å². The smallest absolute Gasteiger partial charge is 0.194 e. The van der Waals surface area contributed by atoms with E-state index in [1.54, 1.807) is 0 Å². The van der Waals surface area contributed by atoms with Crippen LogP contribution in [0.15, 0.2) is 24.3 Å². The highest BCUT2D eigenvalue weighted by atomic mass is 79.9. The Kier molecular flexibility index (Phi) is 7.13. The highest BCUT2D eigenvalue weighted by Gasteiger charge is 2.82. The number of hydrogen-bond donors (Lipinski definition) is 2. The largest absolute Gasteiger partial charge is 1.00 e. The van der Waals surface area contributed by atoms with Gasteiger partial charge in [-0.1, -0.05) is 70.6 Å². The third-order valence-electron chi connectivity index (χ3n) is 11.5. The van der Waals surface area contributed by atoms with E-state index in [1.807, 2.05) is 0 Å². The van der Waals surface area contributed by atoms with Crippen LogP contribution in [-0.2, 0) is 5.41 Å². The van der Waals surface area contributed by atoms with Crippen molar-refractivity contribution in [2.24, 2.45) is 17.8 Å². The van der Waals surface area contributed by atoms with E-state index in [1.165, 1.54) is 69.0 Å². The minimum atomic E-state index is -0.274. The quantitative estimate of drug-likeness (QED) is 0.349. The molecule has 1 spiro atoms. The standard InChI is InChI=1S/C30H47N2O2.BrH/c1-4-6-7-8-9-10-11-14-17-32-24-18-21(20(5-2)29(32)34)26-25(32)19-30(28(26)33)22-15-12-13-16-23(22)31(3)27(24)30;/h12-13,15-16,20-21,24-29,33-34H,4-11,14,17-19H2,1-3H3;1H/q+1;/p-1/t20-,21+,24?,25-,26?,27-,28-,29+,30+,32?;/m0./s1. The van der Waals surface area contributed by atoms with Crippen LogP contribution < -0.4 is 21.9 Å². The Hall–Kier alpha value is -0.620. The highest BCUT2D eigenvalue weighted by Crippen LogP contribution is 2.71. The number of benzene rings is 1. The lowest BCUT2D eigenvalue weighted by Gasteiger charge is -2.68. The molecule has 1 aromatic rings. The van der Waals surface area contributed by atoms with Gasteiger partial charge in [-0.25, -0.2) is 0 Å². The van der Waals surface area contributed by atoms with E-state index in [4.69, 9.17) is 0 Å². The Morgan fingerprint density at radius 1 is 0.971 bits per heavy atom. The van der Waals surface area contributed by atoms with Crippen LogP contribution in [0, 0.1) is 17.8 Å². The summed E-state index contributed by atoms with van der Waals surface area (Å²) in [5.74, 6) is 1.17. The number of hydrogen-bond acceptors (Lipinski definition) is 3. The van der Waals surface area contributed by atoms with Crippen LogP contribution in [0.5, 0.6) is 0 Å². The van der Waals surface area contributed by atoms with Gasteiger partial charge in [0.25, 0.3) is 0 Å². The molecule has 2 N–H and O–H groups in total. The van der Waals surface area contributed by atoms with Crippen molar-refractivity contribution in [1.29, 1.82) is 0 Å². The number of fused-ring (bicyclic) bond motifs is 2. The molecule has 3 unspecified atom stereocenters. The van der Waals surface area contributed by atoms with Crippen LogP contribution >= 0.6 is 0 Å². The molecule has 7 rings (SSSR count). The van der Waals surface area contributed by atoms with Gasteiger partial charge in [-0.3, -0.25) is 4.48 Å². The van der Waals surface area contributed by atoms with Crippen molar-refractivity contribution < 1.29 is 31.7 Å². The van der Waals surface area contributed by atoms with Crippen LogP contribution in [0.25, 0.3) is 0 Å². The maximum atomic E-state index is 12.1. The Balaban J connectivity index is 0.00000253. The summed E-state index contributed by atoms with van der Waals surface area (Å²) in [7, 11) is 2.27. The molecule has 5 bridgehead atoms. The molecule has 0 radical (unpaired) electrons. The normalized spacial score (nSPS) is 43.9. The summed E-state index contributed by atoms with van der Waals surface area (Å²) in [5, 5.41) is 24.2. The fourth-order valence-electron chi connectivity index (χ4n) is 10.4. The first-order valence-corrected chi connectivity index (χ1v) is 14.6. The predicted octanol–water partition coefficient (Wildman–Crippen LogP) is 2.21. The van der Waals surface area contributed by atoms with E-state index in [0.29, 0.717) is 35.9 Å². The fraction of sp³-hybridized carbons (Fsp3) is 0.800. The molecule has 6 aliphatic rings. The maximum Gasteiger partial charge on any atom is 0.194 e. The second kappa shape index (κ2) is 9.60. The second-order valence-electron chi connectivity index (χ2n) is 12.6. The predicted molar refractivity (Wildman–Crippen MR) is 138 cm³/mol. The van der Waals surface area contributed by atoms with Crippen LogP contribution in [0.1, 0.15) is 90.0 Å². The number of halogens is 1. The minimum Gasteiger partial charge on any atom is -1.00 e. The number of unbranched alkanes of at least 4 members (excludes halogenated alkanes) is 7. The van der Waals surface area contributed by atoms with Gasteiger partial charge in [0.2, 0.25) is 0 Å².